The zero-order chi connectivity index (χ0) is 17.1. The number of nitrogens with zero attached hydrogens (tertiary/aromatic N) is 3. The molecule has 8 heteroatoms. The molecule has 0 atom stereocenters. The van der Waals surface area contributed by atoms with Crippen molar-refractivity contribution >= 4 is 22.6 Å². The van der Waals surface area contributed by atoms with E-state index in [0.717, 1.165) is 0 Å². The molecule has 3 aromatic rings. The number of hydrogen-bond donors (Lipinski definition) is 2. The molecule has 0 spiro atoms. The molecule has 0 bridgehead atoms. The highest BCUT2D eigenvalue weighted by Crippen LogP contribution is 2.11. The van der Waals surface area contributed by atoms with Crippen molar-refractivity contribution in [2.45, 2.75) is 19.9 Å². The number of H-pyrrole nitrogens is 1. The number of fused-ring (bicyclic) bond motifs is 1. The highest BCUT2D eigenvalue weighted by molar-refractivity contribution is 6.05. The molecule has 0 fully saturated rings. The van der Waals surface area contributed by atoms with E-state index >= 15 is 0 Å². The minimum absolute atomic E-state index is 0.199. The SMILES string of the molecule is CCCn1c(=O)[nH]c(=O)c2cc(C(=O)Nc3ccncc3)cnc21. The second-order valence-corrected chi connectivity index (χ2v) is 5.20. The van der Waals surface area contributed by atoms with Crippen LogP contribution in [0.1, 0.15) is 23.7 Å². The maximum Gasteiger partial charge on any atom is 0.329 e. The third-order valence-corrected chi connectivity index (χ3v) is 3.48. The van der Waals surface area contributed by atoms with Gasteiger partial charge in [-0.1, -0.05) is 6.92 Å². The molecule has 3 aromatic heterocycles. The minimum Gasteiger partial charge on any atom is -0.322 e. The van der Waals surface area contributed by atoms with Gasteiger partial charge in [-0.05, 0) is 24.6 Å². The number of aryl methyl sites for hydroxylation is 1. The third kappa shape index (κ3) is 2.94. The number of rotatable bonds is 4. The highest BCUT2D eigenvalue weighted by atomic mass is 16.2. The number of anilines is 1. The first-order valence-electron chi connectivity index (χ1n) is 7.44. The fourth-order valence-electron chi connectivity index (χ4n) is 2.36. The number of nitrogens with one attached hydrogen (secondary N) is 2. The van der Waals surface area contributed by atoms with Crippen molar-refractivity contribution < 1.29 is 4.79 Å². The Morgan fingerprint density at radius 2 is 2.04 bits per heavy atom. The van der Waals surface area contributed by atoms with Crippen LogP contribution in [-0.2, 0) is 6.54 Å². The highest BCUT2D eigenvalue weighted by Gasteiger charge is 2.13. The van der Waals surface area contributed by atoms with Gasteiger partial charge in [-0.2, -0.15) is 0 Å². The zero-order valence-corrected chi connectivity index (χ0v) is 12.9. The average Bonchev–Trinajstić information content (AvgIpc) is 2.59. The second kappa shape index (κ2) is 6.45. The van der Waals surface area contributed by atoms with E-state index in [1.54, 1.807) is 24.5 Å². The number of carbonyl (C=O) groups is 1. The number of hydrogen-bond acceptors (Lipinski definition) is 5. The zero-order valence-electron chi connectivity index (χ0n) is 12.9. The summed E-state index contributed by atoms with van der Waals surface area (Å²) in [6.45, 7) is 2.35. The van der Waals surface area contributed by atoms with E-state index in [-0.39, 0.29) is 16.6 Å². The van der Waals surface area contributed by atoms with Gasteiger partial charge in [-0.3, -0.25) is 24.1 Å². The Balaban J connectivity index is 2.04. The molecule has 0 saturated carbocycles. The van der Waals surface area contributed by atoms with Gasteiger partial charge < -0.3 is 5.32 Å². The van der Waals surface area contributed by atoms with E-state index in [2.05, 4.69) is 20.3 Å². The summed E-state index contributed by atoms with van der Waals surface area (Å²) >= 11 is 0. The molecule has 0 unspecified atom stereocenters. The number of aromatic nitrogens is 4. The van der Waals surface area contributed by atoms with Crippen molar-refractivity contribution in [2.24, 2.45) is 0 Å². The van der Waals surface area contributed by atoms with Gasteiger partial charge in [0.1, 0.15) is 5.65 Å². The Morgan fingerprint density at radius 3 is 2.75 bits per heavy atom. The topological polar surface area (TPSA) is 110 Å². The van der Waals surface area contributed by atoms with Crippen molar-refractivity contribution in [1.29, 1.82) is 0 Å². The lowest BCUT2D eigenvalue weighted by atomic mass is 10.2. The lowest BCUT2D eigenvalue weighted by molar-refractivity contribution is 0.102. The molecule has 0 aliphatic carbocycles. The minimum atomic E-state index is -0.562. The van der Waals surface area contributed by atoms with Gasteiger partial charge in [0, 0.05) is 30.8 Å². The molecule has 0 aliphatic rings. The van der Waals surface area contributed by atoms with Crippen LogP contribution in [0.25, 0.3) is 11.0 Å². The quantitative estimate of drug-likeness (QED) is 0.747. The maximum absolute atomic E-state index is 12.3. The van der Waals surface area contributed by atoms with E-state index in [1.807, 2.05) is 6.92 Å². The molecular formula is C16H15N5O3. The van der Waals surface area contributed by atoms with Gasteiger partial charge in [0.05, 0.1) is 10.9 Å². The molecule has 24 heavy (non-hydrogen) atoms. The van der Waals surface area contributed by atoms with Gasteiger partial charge >= 0.3 is 5.69 Å². The number of aromatic amines is 1. The predicted octanol–water partition coefficient (Wildman–Crippen LogP) is 1.14. The van der Waals surface area contributed by atoms with Crippen LogP contribution in [0.3, 0.4) is 0 Å². The summed E-state index contributed by atoms with van der Waals surface area (Å²) in [5.74, 6) is -0.400. The Kier molecular flexibility index (Phi) is 4.19. The largest absolute Gasteiger partial charge is 0.329 e. The van der Waals surface area contributed by atoms with E-state index in [4.69, 9.17) is 0 Å². The van der Waals surface area contributed by atoms with E-state index in [9.17, 15) is 14.4 Å². The maximum atomic E-state index is 12.3. The number of amides is 1. The summed E-state index contributed by atoms with van der Waals surface area (Å²) < 4.78 is 1.39. The molecule has 3 heterocycles. The van der Waals surface area contributed by atoms with Crippen LogP contribution in [-0.4, -0.2) is 25.4 Å². The third-order valence-electron chi connectivity index (χ3n) is 3.48. The van der Waals surface area contributed by atoms with Crippen LogP contribution in [0.2, 0.25) is 0 Å². The first-order chi connectivity index (χ1) is 11.6. The Bertz CT molecular complexity index is 1010. The van der Waals surface area contributed by atoms with Crippen LogP contribution in [0.15, 0.2) is 46.4 Å². The average molecular weight is 325 g/mol. The van der Waals surface area contributed by atoms with Crippen molar-refractivity contribution in [1.82, 2.24) is 19.5 Å². The summed E-state index contributed by atoms with van der Waals surface area (Å²) in [6, 6.07) is 4.74. The van der Waals surface area contributed by atoms with Crippen LogP contribution in [0.4, 0.5) is 5.69 Å². The monoisotopic (exact) mass is 325 g/mol. The van der Waals surface area contributed by atoms with Crippen molar-refractivity contribution in [3.63, 3.8) is 0 Å². The second-order valence-electron chi connectivity index (χ2n) is 5.20. The Hall–Kier alpha value is -3.29. The van der Waals surface area contributed by atoms with Gasteiger partial charge in [-0.25, -0.2) is 9.78 Å². The van der Waals surface area contributed by atoms with Crippen molar-refractivity contribution in [2.75, 3.05) is 5.32 Å². The Morgan fingerprint density at radius 1 is 1.29 bits per heavy atom. The molecule has 8 nitrogen and oxygen atoms in total. The first-order valence-corrected chi connectivity index (χ1v) is 7.44. The predicted molar refractivity (Wildman–Crippen MR) is 89.1 cm³/mol. The van der Waals surface area contributed by atoms with Crippen LogP contribution < -0.4 is 16.6 Å². The van der Waals surface area contributed by atoms with Crippen LogP contribution in [0.5, 0.6) is 0 Å². The van der Waals surface area contributed by atoms with Gasteiger partial charge in [-0.15, -0.1) is 0 Å². The fraction of sp³-hybridized carbons (Fsp3) is 0.188. The van der Waals surface area contributed by atoms with Crippen LogP contribution >= 0.6 is 0 Å². The molecule has 0 aliphatic heterocycles. The lowest BCUT2D eigenvalue weighted by Gasteiger charge is -2.09. The number of pyridine rings is 2. The van der Waals surface area contributed by atoms with Gasteiger partial charge in [0.2, 0.25) is 0 Å². The summed E-state index contributed by atoms with van der Waals surface area (Å²) in [7, 11) is 0. The summed E-state index contributed by atoms with van der Waals surface area (Å²) in [6.07, 6.45) is 5.18. The molecule has 3 rings (SSSR count). The van der Waals surface area contributed by atoms with Gasteiger partial charge in [0.25, 0.3) is 11.5 Å². The molecule has 1 amide bonds. The normalized spacial score (nSPS) is 10.7. The molecular weight excluding hydrogens is 310 g/mol. The molecule has 122 valence electrons. The summed E-state index contributed by atoms with van der Waals surface area (Å²) in [4.78, 5) is 46.5. The first kappa shape index (κ1) is 15.6. The molecule has 0 saturated heterocycles. The van der Waals surface area contributed by atoms with Gasteiger partial charge in [0.15, 0.2) is 0 Å². The van der Waals surface area contributed by atoms with Crippen molar-refractivity contribution in [3.8, 4) is 0 Å². The van der Waals surface area contributed by atoms with Crippen LogP contribution in [0, 0.1) is 0 Å². The smallest absolute Gasteiger partial charge is 0.322 e. The number of carbonyl (C=O) groups excluding carboxylic acids is 1. The fourth-order valence-corrected chi connectivity index (χ4v) is 2.36. The summed E-state index contributed by atoms with van der Waals surface area (Å²) in [5.41, 5.74) is 0.0155. The standard InChI is InChI=1S/C16H15N5O3/c1-2-7-21-13-12(15(23)20-16(21)24)8-10(9-18-13)14(22)19-11-3-5-17-6-4-11/h3-6,8-9H,2,7H2,1H3,(H,17,19,22)(H,20,23,24). The Labute approximate surface area is 136 Å². The van der Waals surface area contributed by atoms with E-state index in [0.29, 0.717) is 18.7 Å². The lowest BCUT2D eigenvalue weighted by Crippen LogP contribution is -2.31. The summed E-state index contributed by atoms with van der Waals surface area (Å²) in [5, 5.41) is 2.89. The van der Waals surface area contributed by atoms with Crippen molar-refractivity contribution in [3.05, 3.63) is 63.2 Å². The molecule has 2 N–H and O–H groups in total. The molecule has 0 radical (unpaired) electrons. The van der Waals surface area contributed by atoms with E-state index in [1.165, 1.54) is 16.8 Å². The molecule has 0 aromatic carbocycles. The van der Waals surface area contributed by atoms with E-state index < -0.39 is 17.2 Å².